The van der Waals surface area contributed by atoms with E-state index in [-0.39, 0.29) is 24.4 Å². The van der Waals surface area contributed by atoms with Gasteiger partial charge in [-0.3, -0.25) is 9.59 Å². The first-order valence-electron chi connectivity index (χ1n) is 5.86. The van der Waals surface area contributed by atoms with Crippen LogP contribution in [0.5, 0.6) is 0 Å². The van der Waals surface area contributed by atoms with Crippen LogP contribution in [0.3, 0.4) is 0 Å². The lowest BCUT2D eigenvalue weighted by Gasteiger charge is -2.24. The standard InChI is InChI=1S/C12H21N3O2/c1-8(2)14-11(16)7-15(4)12(17)9(3)10-5-13-6-10/h8,13H,5-7H2,1-4H3,(H,14,16). The molecule has 1 fully saturated rings. The van der Waals surface area contributed by atoms with E-state index < -0.39 is 0 Å². The molecule has 5 nitrogen and oxygen atoms in total. The Morgan fingerprint density at radius 2 is 2.00 bits per heavy atom. The number of carbonyl (C=O) groups excluding carboxylic acids is 2. The summed E-state index contributed by atoms with van der Waals surface area (Å²) in [5, 5.41) is 5.86. The summed E-state index contributed by atoms with van der Waals surface area (Å²) in [6.45, 7) is 7.28. The minimum atomic E-state index is -0.125. The van der Waals surface area contributed by atoms with E-state index >= 15 is 0 Å². The molecule has 1 saturated heterocycles. The van der Waals surface area contributed by atoms with Crippen LogP contribution in [0.2, 0.25) is 0 Å². The number of rotatable bonds is 4. The Bertz CT molecular complexity index is 342. The predicted molar refractivity (Wildman–Crippen MR) is 66.5 cm³/mol. The quantitative estimate of drug-likeness (QED) is 0.673. The normalized spacial score (nSPS) is 14.3. The van der Waals surface area contributed by atoms with Crippen LogP contribution in [0.1, 0.15) is 20.8 Å². The first-order chi connectivity index (χ1) is 7.91. The zero-order chi connectivity index (χ0) is 13.0. The van der Waals surface area contributed by atoms with E-state index in [1.807, 2.05) is 20.8 Å². The van der Waals surface area contributed by atoms with Crippen molar-refractivity contribution < 1.29 is 9.59 Å². The second-order valence-corrected chi connectivity index (χ2v) is 4.72. The van der Waals surface area contributed by atoms with Crippen molar-refractivity contribution in [1.82, 2.24) is 15.5 Å². The van der Waals surface area contributed by atoms with E-state index in [0.717, 1.165) is 24.2 Å². The summed E-state index contributed by atoms with van der Waals surface area (Å²) in [6.07, 6.45) is 0. The van der Waals surface area contributed by atoms with Crippen LogP contribution in [-0.4, -0.2) is 49.4 Å². The van der Waals surface area contributed by atoms with E-state index in [4.69, 9.17) is 0 Å². The largest absolute Gasteiger partial charge is 0.352 e. The molecule has 0 aliphatic carbocycles. The van der Waals surface area contributed by atoms with E-state index in [1.165, 1.54) is 4.90 Å². The maximum Gasteiger partial charge on any atom is 0.249 e. The fourth-order valence-electron chi connectivity index (χ4n) is 1.61. The molecule has 0 unspecified atom stereocenters. The predicted octanol–water partition coefficient (Wildman–Crippen LogP) is -0.111. The molecule has 2 amide bonds. The van der Waals surface area contributed by atoms with Gasteiger partial charge in [-0.2, -0.15) is 0 Å². The van der Waals surface area contributed by atoms with E-state index in [1.54, 1.807) is 7.05 Å². The second-order valence-electron chi connectivity index (χ2n) is 4.72. The van der Waals surface area contributed by atoms with Gasteiger partial charge in [0.2, 0.25) is 11.8 Å². The zero-order valence-corrected chi connectivity index (χ0v) is 11.0. The third-order valence-electron chi connectivity index (χ3n) is 2.71. The Labute approximate surface area is 102 Å². The Hall–Kier alpha value is -1.36. The average molecular weight is 239 g/mol. The van der Waals surface area contributed by atoms with Crippen molar-refractivity contribution in [3.63, 3.8) is 0 Å². The molecule has 96 valence electrons. The van der Waals surface area contributed by atoms with Crippen molar-refractivity contribution in [2.75, 3.05) is 26.7 Å². The lowest BCUT2D eigenvalue weighted by molar-refractivity contribution is -0.132. The van der Waals surface area contributed by atoms with Crippen LogP contribution >= 0.6 is 0 Å². The highest BCUT2D eigenvalue weighted by atomic mass is 16.2. The maximum atomic E-state index is 12.0. The lowest BCUT2D eigenvalue weighted by Crippen LogP contribution is -2.42. The van der Waals surface area contributed by atoms with Crippen LogP contribution in [0.4, 0.5) is 0 Å². The van der Waals surface area contributed by atoms with Gasteiger partial charge in [-0.25, -0.2) is 0 Å². The molecule has 0 spiro atoms. The topological polar surface area (TPSA) is 61.4 Å². The number of amides is 2. The maximum absolute atomic E-state index is 12.0. The van der Waals surface area contributed by atoms with Crippen molar-refractivity contribution >= 4 is 11.8 Å². The molecule has 0 aromatic carbocycles. The summed E-state index contributed by atoms with van der Waals surface area (Å²) in [7, 11) is 1.65. The minimum Gasteiger partial charge on any atom is -0.352 e. The summed E-state index contributed by atoms with van der Waals surface area (Å²) in [6, 6.07) is 0.0984. The summed E-state index contributed by atoms with van der Waals surface area (Å²) < 4.78 is 0. The van der Waals surface area contributed by atoms with Gasteiger partial charge in [0.1, 0.15) is 0 Å². The SMILES string of the molecule is CC(C(=O)N(C)CC(=O)NC(C)C)=C1CNC1. The monoisotopic (exact) mass is 239 g/mol. The fourth-order valence-corrected chi connectivity index (χ4v) is 1.61. The number of hydrogen-bond acceptors (Lipinski definition) is 3. The molecular weight excluding hydrogens is 218 g/mol. The van der Waals surface area contributed by atoms with Crippen molar-refractivity contribution in [1.29, 1.82) is 0 Å². The van der Waals surface area contributed by atoms with E-state index in [0.29, 0.717) is 0 Å². The van der Waals surface area contributed by atoms with Gasteiger partial charge in [0.05, 0.1) is 6.54 Å². The van der Waals surface area contributed by atoms with Gasteiger partial charge in [0, 0.05) is 31.8 Å². The highest BCUT2D eigenvalue weighted by Crippen LogP contribution is 2.10. The van der Waals surface area contributed by atoms with Crippen molar-refractivity contribution in [3.8, 4) is 0 Å². The van der Waals surface area contributed by atoms with Gasteiger partial charge >= 0.3 is 0 Å². The summed E-state index contributed by atoms with van der Waals surface area (Å²) >= 11 is 0. The third kappa shape index (κ3) is 3.85. The smallest absolute Gasteiger partial charge is 0.249 e. The molecule has 0 aromatic heterocycles. The van der Waals surface area contributed by atoms with Crippen LogP contribution in [0.15, 0.2) is 11.1 Å². The van der Waals surface area contributed by atoms with Crippen LogP contribution in [0.25, 0.3) is 0 Å². The van der Waals surface area contributed by atoms with Gasteiger partial charge in [0.25, 0.3) is 0 Å². The highest BCUT2D eigenvalue weighted by molar-refractivity contribution is 5.96. The Kier molecular flexibility index (Phi) is 4.69. The Balaban J connectivity index is 2.50. The van der Waals surface area contributed by atoms with Crippen LogP contribution in [-0.2, 0) is 9.59 Å². The van der Waals surface area contributed by atoms with Crippen LogP contribution in [0, 0.1) is 0 Å². The third-order valence-corrected chi connectivity index (χ3v) is 2.71. The number of likely N-dealkylation sites (N-methyl/N-ethyl adjacent to an activating group) is 1. The van der Waals surface area contributed by atoms with E-state index in [9.17, 15) is 9.59 Å². The van der Waals surface area contributed by atoms with Crippen LogP contribution < -0.4 is 10.6 Å². The number of hydrogen-bond donors (Lipinski definition) is 2. The summed E-state index contributed by atoms with van der Waals surface area (Å²) in [5.41, 5.74) is 1.88. The fraction of sp³-hybridized carbons (Fsp3) is 0.667. The molecule has 0 saturated carbocycles. The molecule has 1 aliphatic heterocycles. The highest BCUT2D eigenvalue weighted by Gasteiger charge is 2.20. The number of carbonyl (C=O) groups is 2. The zero-order valence-electron chi connectivity index (χ0n) is 11.0. The molecule has 0 atom stereocenters. The van der Waals surface area contributed by atoms with Gasteiger partial charge in [-0.1, -0.05) is 0 Å². The van der Waals surface area contributed by atoms with Gasteiger partial charge in [-0.15, -0.1) is 0 Å². The number of nitrogens with one attached hydrogen (secondary N) is 2. The first-order valence-corrected chi connectivity index (χ1v) is 5.86. The molecule has 1 heterocycles. The Morgan fingerprint density at radius 1 is 1.41 bits per heavy atom. The lowest BCUT2D eigenvalue weighted by atomic mass is 10.0. The van der Waals surface area contributed by atoms with Crippen molar-refractivity contribution in [2.24, 2.45) is 0 Å². The van der Waals surface area contributed by atoms with E-state index in [2.05, 4.69) is 10.6 Å². The molecular formula is C12H21N3O2. The molecule has 5 heteroatoms. The molecule has 1 rings (SSSR count). The van der Waals surface area contributed by atoms with Crippen molar-refractivity contribution in [2.45, 2.75) is 26.8 Å². The van der Waals surface area contributed by atoms with Gasteiger partial charge in [-0.05, 0) is 26.3 Å². The molecule has 0 aromatic rings. The molecule has 17 heavy (non-hydrogen) atoms. The number of nitrogens with zero attached hydrogens (tertiary/aromatic N) is 1. The first kappa shape index (κ1) is 13.7. The summed E-state index contributed by atoms with van der Waals surface area (Å²) in [4.78, 5) is 24.9. The molecule has 1 aliphatic rings. The summed E-state index contributed by atoms with van der Waals surface area (Å²) in [5.74, 6) is -0.194. The second kappa shape index (κ2) is 5.82. The van der Waals surface area contributed by atoms with Gasteiger partial charge < -0.3 is 15.5 Å². The Morgan fingerprint density at radius 3 is 2.41 bits per heavy atom. The minimum absolute atomic E-state index is 0.0691. The molecule has 0 bridgehead atoms. The van der Waals surface area contributed by atoms with Gasteiger partial charge in [0.15, 0.2) is 0 Å². The average Bonchev–Trinajstić information content (AvgIpc) is 2.11. The molecule has 2 N–H and O–H groups in total. The van der Waals surface area contributed by atoms with Crippen molar-refractivity contribution in [3.05, 3.63) is 11.1 Å². The molecule has 0 radical (unpaired) electrons.